The topological polar surface area (TPSA) is 130 Å². The first-order chi connectivity index (χ1) is 9.59. The van der Waals surface area contributed by atoms with Crippen LogP contribution in [-0.2, 0) is 20.0 Å². The van der Waals surface area contributed by atoms with Crippen LogP contribution in [0.4, 0.5) is 0 Å². The van der Waals surface area contributed by atoms with Gasteiger partial charge in [-0.15, -0.1) is 0 Å². The Balaban J connectivity index is 2.98. The van der Waals surface area contributed by atoms with Gasteiger partial charge in [-0.25, -0.2) is 31.1 Å². The zero-order valence-corrected chi connectivity index (χ0v) is 13.2. The molecular formula is C10H13ClN2O6S2. The van der Waals surface area contributed by atoms with E-state index in [9.17, 15) is 21.6 Å². The van der Waals surface area contributed by atoms with Gasteiger partial charge in [-0.2, -0.15) is 0 Å². The molecule has 1 rings (SSSR count). The first kappa shape index (κ1) is 17.9. The van der Waals surface area contributed by atoms with Crippen LogP contribution in [0, 0.1) is 0 Å². The Morgan fingerprint density at radius 2 is 1.90 bits per heavy atom. The van der Waals surface area contributed by atoms with Crippen molar-refractivity contribution >= 4 is 37.6 Å². The first-order valence-corrected chi connectivity index (χ1v) is 9.04. The molecule has 0 saturated heterocycles. The molecule has 1 aromatic carbocycles. The zero-order valence-electron chi connectivity index (χ0n) is 10.8. The van der Waals surface area contributed by atoms with Crippen LogP contribution < -0.4 is 9.44 Å². The van der Waals surface area contributed by atoms with E-state index >= 15 is 0 Å². The second-order valence-electron chi connectivity index (χ2n) is 3.87. The summed E-state index contributed by atoms with van der Waals surface area (Å²) in [6.07, 6.45) is 0. The fourth-order valence-electron chi connectivity index (χ4n) is 1.33. The van der Waals surface area contributed by atoms with Gasteiger partial charge >= 0.3 is 5.97 Å². The second-order valence-corrected chi connectivity index (χ2v) is 8.06. The van der Waals surface area contributed by atoms with E-state index in [2.05, 4.69) is 0 Å². The van der Waals surface area contributed by atoms with E-state index in [0.29, 0.717) is 0 Å². The van der Waals surface area contributed by atoms with Crippen molar-refractivity contribution in [3.05, 3.63) is 28.8 Å². The van der Waals surface area contributed by atoms with Gasteiger partial charge in [0.1, 0.15) is 4.90 Å². The molecular weight excluding hydrogens is 344 g/mol. The molecule has 8 nitrogen and oxygen atoms in total. The number of hydrogen-bond donors (Lipinski definition) is 3. The summed E-state index contributed by atoms with van der Waals surface area (Å²) in [6.45, 7) is -0.376. The summed E-state index contributed by atoms with van der Waals surface area (Å²) < 4.78 is 50.4. The molecule has 0 heterocycles. The van der Waals surface area contributed by atoms with Gasteiger partial charge in [0.05, 0.1) is 16.3 Å². The Bertz CT molecular complexity index is 745. The van der Waals surface area contributed by atoms with Gasteiger partial charge in [-0.3, -0.25) is 0 Å². The number of aromatic carboxylic acids is 1. The SMILES string of the molecule is CNS(=O)(=O)CCNS(=O)(=O)c1cc(C(=O)O)ccc1Cl. The zero-order chi connectivity index (χ0) is 16.3. The predicted octanol–water partition coefficient (Wildman–Crippen LogP) is -0.134. The minimum Gasteiger partial charge on any atom is -0.478 e. The van der Waals surface area contributed by atoms with Gasteiger partial charge in [0.25, 0.3) is 0 Å². The Kier molecular flexibility index (Phi) is 5.70. The summed E-state index contributed by atoms with van der Waals surface area (Å²) in [6, 6.07) is 3.21. The molecule has 0 aliphatic heterocycles. The minimum atomic E-state index is -4.12. The van der Waals surface area contributed by atoms with Crippen LogP contribution in [0.1, 0.15) is 10.4 Å². The lowest BCUT2D eigenvalue weighted by atomic mass is 10.2. The molecule has 0 radical (unpaired) electrons. The smallest absolute Gasteiger partial charge is 0.335 e. The highest BCUT2D eigenvalue weighted by atomic mass is 35.5. The van der Waals surface area contributed by atoms with E-state index in [-0.39, 0.29) is 17.1 Å². The van der Waals surface area contributed by atoms with Gasteiger partial charge < -0.3 is 5.11 Å². The van der Waals surface area contributed by atoms with E-state index in [1.807, 2.05) is 9.44 Å². The van der Waals surface area contributed by atoms with E-state index < -0.39 is 36.7 Å². The van der Waals surface area contributed by atoms with Crippen LogP contribution >= 0.6 is 11.6 Å². The van der Waals surface area contributed by atoms with E-state index in [1.165, 1.54) is 7.05 Å². The van der Waals surface area contributed by atoms with Gasteiger partial charge in [0.2, 0.25) is 20.0 Å². The van der Waals surface area contributed by atoms with Crippen molar-refractivity contribution < 1.29 is 26.7 Å². The third-order valence-electron chi connectivity index (χ3n) is 2.44. The Labute approximate surface area is 127 Å². The van der Waals surface area contributed by atoms with Crippen LogP contribution in [-0.4, -0.2) is 47.3 Å². The Morgan fingerprint density at radius 3 is 2.43 bits per heavy atom. The third-order valence-corrected chi connectivity index (χ3v) is 5.75. The fourth-order valence-corrected chi connectivity index (χ4v) is 3.59. The number of benzene rings is 1. The molecule has 0 aliphatic rings. The Morgan fingerprint density at radius 1 is 1.29 bits per heavy atom. The molecule has 21 heavy (non-hydrogen) atoms. The maximum atomic E-state index is 12.0. The lowest BCUT2D eigenvalue weighted by molar-refractivity contribution is 0.0696. The molecule has 0 fully saturated rings. The van der Waals surface area contributed by atoms with E-state index in [0.717, 1.165) is 18.2 Å². The molecule has 0 aromatic heterocycles. The summed E-state index contributed by atoms with van der Waals surface area (Å²) in [5.74, 6) is -1.76. The Hall–Kier alpha value is -1.20. The van der Waals surface area contributed by atoms with Crippen LogP contribution in [0.25, 0.3) is 0 Å². The maximum Gasteiger partial charge on any atom is 0.335 e. The highest BCUT2D eigenvalue weighted by molar-refractivity contribution is 7.90. The molecule has 0 bridgehead atoms. The predicted molar refractivity (Wildman–Crippen MR) is 76.4 cm³/mol. The van der Waals surface area contributed by atoms with Crippen LogP contribution in [0.5, 0.6) is 0 Å². The average molecular weight is 357 g/mol. The molecule has 0 aliphatic carbocycles. The summed E-state index contributed by atoms with van der Waals surface area (Å²) >= 11 is 5.74. The number of carbonyl (C=O) groups is 1. The van der Waals surface area contributed by atoms with E-state index in [1.54, 1.807) is 0 Å². The van der Waals surface area contributed by atoms with E-state index in [4.69, 9.17) is 16.7 Å². The second kappa shape index (κ2) is 6.71. The van der Waals surface area contributed by atoms with Gasteiger partial charge in [-0.05, 0) is 25.2 Å². The van der Waals surface area contributed by atoms with Gasteiger partial charge in [0, 0.05) is 6.54 Å². The number of carboxylic acids is 1. The van der Waals surface area contributed by atoms with Crippen LogP contribution in [0.3, 0.4) is 0 Å². The molecule has 3 N–H and O–H groups in total. The number of rotatable bonds is 7. The number of carboxylic acid groups (broad SMARTS) is 1. The first-order valence-electron chi connectivity index (χ1n) is 5.53. The van der Waals surface area contributed by atoms with Crippen molar-refractivity contribution in [3.63, 3.8) is 0 Å². The van der Waals surface area contributed by atoms with Crippen molar-refractivity contribution in [2.45, 2.75) is 4.90 Å². The fraction of sp³-hybridized carbons (Fsp3) is 0.300. The summed E-state index contributed by atoms with van der Waals surface area (Å²) in [5.41, 5.74) is -0.248. The summed E-state index contributed by atoms with van der Waals surface area (Å²) in [5, 5.41) is 8.67. The molecule has 11 heteroatoms. The van der Waals surface area contributed by atoms with Crippen molar-refractivity contribution in [2.24, 2.45) is 0 Å². The van der Waals surface area contributed by atoms with Crippen molar-refractivity contribution in [1.82, 2.24) is 9.44 Å². The van der Waals surface area contributed by atoms with Crippen molar-refractivity contribution in [1.29, 1.82) is 0 Å². The highest BCUT2D eigenvalue weighted by Crippen LogP contribution is 2.22. The standard InChI is InChI=1S/C10H13ClN2O6S2/c1-12-20(16,17)5-4-13-21(18,19)9-6-7(10(14)15)2-3-8(9)11/h2-3,6,12-13H,4-5H2,1H3,(H,14,15). The van der Waals surface area contributed by atoms with Crippen LogP contribution in [0.2, 0.25) is 5.02 Å². The lowest BCUT2D eigenvalue weighted by Crippen LogP contribution is -2.33. The molecule has 0 amide bonds. The number of sulfonamides is 2. The van der Waals surface area contributed by atoms with Crippen molar-refractivity contribution in [3.8, 4) is 0 Å². The molecule has 0 saturated carbocycles. The molecule has 118 valence electrons. The van der Waals surface area contributed by atoms with Crippen LogP contribution in [0.15, 0.2) is 23.1 Å². The highest BCUT2D eigenvalue weighted by Gasteiger charge is 2.20. The number of halogens is 1. The number of hydrogen-bond acceptors (Lipinski definition) is 5. The molecule has 0 atom stereocenters. The third kappa shape index (κ3) is 4.93. The number of nitrogens with one attached hydrogen (secondary N) is 2. The molecule has 1 aromatic rings. The minimum absolute atomic E-state index is 0.163. The van der Waals surface area contributed by atoms with Gasteiger partial charge in [0.15, 0.2) is 0 Å². The largest absolute Gasteiger partial charge is 0.478 e. The quantitative estimate of drug-likeness (QED) is 0.623. The maximum absolute atomic E-state index is 12.0. The summed E-state index contributed by atoms with van der Waals surface area (Å²) in [4.78, 5) is 10.4. The monoisotopic (exact) mass is 356 g/mol. The van der Waals surface area contributed by atoms with Gasteiger partial charge in [-0.1, -0.05) is 11.6 Å². The molecule has 0 spiro atoms. The van der Waals surface area contributed by atoms with Crippen molar-refractivity contribution in [2.75, 3.05) is 19.3 Å². The lowest BCUT2D eigenvalue weighted by Gasteiger charge is -2.09. The average Bonchev–Trinajstić information content (AvgIpc) is 2.38. The normalized spacial score (nSPS) is 12.3. The summed E-state index contributed by atoms with van der Waals surface area (Å²) in [7, 11) is -6.47. The molecule has 0 unspecified atom stereocenters.